The van der Waals surface area contributed by atoms with E-state index in [1.165, 1.54) is 12.8 Å². The Balaban J connectivity index is 1.84. The molecule has 0 aliphatic heterocycles. The molecule has 0 bridgehead atoms. The van der Waals surface area contributed by atoms with E-state index in [9.17, 15) is 0 Å². The van der Waals surface area contributed by atoms with Gasteiger partial charge in [0.25, 0.3) is 0 Å². The third-order valence-corrected chi connectivity index (χ3v) is 3.40. The van der Waals surface area contributed by atoms with Crippen molar-refractivity contribution >= 4 is 11.6 Å². The molecule has 0 aromatic carbocycles. The molecular formula is C16H26N6. The lowest BCUT2D eigenvalue weighted by Gasteiger charge is -2.10. The predicted octanol–water partition coefficient (Wildman–Crippen LogP) is 2.02. The zero-order valence-electron chi connectivity index (χ0n) is 13.5. The molecule has 0 saturated carbocycles. The molecule has 2 heterocycles. The number of pyridine rings is 1. The number of hydrogen-bond donors (Lipinski definition) is 2. The number of guanidine groups is 1. The molecule has 0 fully saturated rings. The molecule has 2 N–H and O–H groups in total. The van der Waals surface area contributed by atoms with Crippen molar-refractivity contribution in [2.24, 2.45) is 4.99 Å². The molecule has 2 aromatic heterocycles. The molecule has 6 heteroatoms. The van der Waals surface area contributed by atoms with Crippen molar-refractivity contribution in [3.8, 4) is 0 Å². The topological polar surface area (TPSA) is 66.6 Å². The van der Waals surface area contributed by atoms with E-state index in [0.717, 1.165) is 49.9 Å². The largest absolute Gasteiger partial charge is 0.357 e. The van der Waals surface area contributed by atoms with Gasteiger partial charge in [-0.1, -0.05) is 25.8 Å². The molecule has 0 spiro atoms. The number of fused-ring (bicyclic) bond motifs is 1. The number of nitrogens with zero attached hydrogens (tertiary/aromatic N) is 4. The minimum absolute atomic E-state index is 0.787. The van der Waals surface area contributed by atoms with Crippen molar-refractivity contribution in [3.63, 3.8) is 0 Å². The van der Waals surface area contributed by atoms with Crippen molar-refractivity contribution in [3.05, 3.63) is 30.2 Å². The second kappa shape index (κ2) is 9.02. The quantitative estimate of drug-likeness (QED) is 0.445. The third-order valence-electron chi connectivity index (χ3n) is 3.40. The average Bonchev–Trinajstić information content (AvgIpc) is 2.95. The van der Waals surface area contributed by atoms with Gasteiger partial charge in [-0.2, -0.15) is 0 Å². The number of aromatic nitrogens is 3. The smallest absolute Gasteiger partial charge is 0.191 e. The van der Waals surface area contributed by atoms with Crippen molar-refractivity contribution in [1.82, 2.24) is 25.2 Å². The summed E-state index contributed by atoms with van der Waals surface area (Å²) in [4.78, 5) is 4.58. The van der Waals surface area contributed by atoms with Crippen molar-refractivity contribution < 1.29 is 0 Å². The Kier molecular flexibility index (Phi) is 6.67. The Hall–Kier alpha value is -2.11. The fourth-order valence-electron chi connectivity index (χ4n) is 2.25. The summed E-state index contributed by atoms with van der Waals surface area (Å²) >= 11 is 0. The number of unbranched alkanes of at least 4 members (excludes halogenated alkanes) is 2. The van der Waals surface area contributed by atoms with Crippen LogP contribution in [0.5, 0.6) is 0 Å². The highest BCUT2D eigenvalue weighted by Crippen LogP contribution is 2.02. The maximum Gasteiger partial charge on any atom is 0.191 e. The van der Waals surface area contributed by atoms with E-state index in [1.807, 2.05) is 28.8 Å². The number of hydrogen-bond acceptors (Lipinski definition) is 3. The highest BCUT2D eigenvalue weighted by Gasteiger charge is 2.04. The van der Waals surface area contributed by atoms with Crippen LogP contribution in [0.3, 0.4) is 0 Å². The number of rotatable bonds is 8. The Morgan fingerprint density at radius 2 is 2.09 bits per heavy atom. The lowest BCUT2D eigenvalue weighted by atomic mass is 10.2. The normalized spacial score (nSPS) is 11.8. The van der Waals surface area contributed by atoms with Gasteiger partial charge in [0, 0.05) is 32.3 Å². The van der Waals surface area contributed by atoms with E-state index in [0.29, 0.717) is 0 Å². The van der Waals surface area contributed by atoms with Crippen LogP contribution in [0.25, 0.3) is 5.65 Å². The van der Waals surface area contributed by atoms with Crippen molar-refractivity contribution in [2.75, 3.05) is 19.6 Å². The van der Waals surface area contributed by atoms with Gasteiger partial charge in [-0.25, -0.2) is 0 Å². The second-order valence-corrected chi connectivity index (χ2v) is 5.19. The standard InChI is InChI=1S/C16H26N6/c1-3-5-7-11-18-16(17-4-2)19-12-10-15-21-20-14-9-6-8-13-22(14)15/h6,8-9,13H,3-5,7,10-12H2,1-2H3,(H2,17,18,19). The minimum Gasteiger partial charge on any atom is -0.357 e. The molecule has 0 aliphatic carbocycles. The summed E-state index contributed by atoms with van der Waals surface area (Å²) in [5.41, 5.74) is 0.887. The molecule has 2 rings (SSSR count). The van der Waals surface area contributed by atoms with E-state index < -0.39 is 0 Å². The zero-order chi connectivity index (χ0) is 15.6. The molecule has 0 unspecified atom stereocenters. The van der Waals surface area contributed by atoms with Crippen LogP contribution in [0.15, 0.2) is 29.4 Å². The van der Waals surface area contributed by atoms with Gasteiger partial charge in [0.05, 0.1) is 0 Å². The minimum atomic E-state index is 0.787. The van der Waals surface area contributed by atoms with Crippen LogP contribution in [0.4, 0.5) is 0 Å². The lowest BCUT2D eigenvalue weighted by molar-refractivity contribution is 0.713. The monoisotopic (exact) mass is 302 g/mol. The first kappa shape index (κ1) is 16.3. The molecule has 6 nitrogen and oxygen atoms in total. The SMILES string of the molecule is CCCCCN=C(NCC)NCCc1nnc2ccccn12. The number of nitrogens with one attached hydrogen (secondary N) is 2. The van der Waals surface area contributed by atoms with Gasteiger partial charge in [0.1, 0.15) is 5.82 Å². The van der Waals surface area contributed by atoms with Crippen LogP contribution in [0.2, 0.25) is 0 Å². The summed E-state index contributed by atoms with van der Waals surface area (Å²) in [6.45, 7) is 6.81. The molecule has 0 aliphatic rings. The highest BCUT2D eigenvalue weighted by molar-refractivity contribution is 5.79. The predicted molar refractivity (Wildman–Crippen MR) is 90.2 cm³/mol. The average molecular weight is 302 g/mol. The summed E-state index contributed by atoms with van der Waals surface area (Å²) in [6, 6.07) is 5.92. The van der Waals surface area contributed by atoms with Crippen LogP contribution >= 0.6 is 0 Å². The van der Waals surface area contributed by atoms with E-state index in [1.54, 1.807) is 0 Å². The van der Waals surface area contributed by atoms with E-state index in [4.69, 9.17) is 0 Å². The first-order chi connectivity index (χ1) is 10.8. The fraction of sp³-hybridized carbons (Fsp3) is 0.562. The lowest BCUT2D eigenvalue weighted by Crippen LogP contribution is -2.38. The van der Waals surface area contributed by atoms with Crippen LogP contribution < -0.4 is 10.6 Å². The van der Waals surface area contributed by atoms with Crippen LogP contribution in [-0.4, -0.2) is 40.2 Å². The molecule has 0 amide bonds. The second-order valence-electron chi connectivity index (χ2n) is 5.19. The van der Waals surface area contributed by atoms with Gasteiger partial charge in [0.15, 0.2) is 11.6 Å². The third kappa shape index (κ3) is 4.72. The maximum atomic E-state index is 4.58. The van der Waals surface area contributed by atoms with Crippen LogP contribution in [0, 0.1) is 0 Å². The first-order valence-electron chi connectivity index (χ1n) is 8.16. The molecule has 2 aromatic rings. The molecule has 0 atom stereocenters. The molecule has 22 heavy (non-hydrogen) atoms. The Bertz CT molecular complexity index is 589. The molecular weight excluding hydrogens is 276 g/mol. The van der Waals surface area contributed by atoms with E-state index in [2.05, 4.69) is 39.7 Å². The molecule has 120 valence electrons. The highest BCUT2D eigenvalue weighted by atomic mass is 15.2. The van der Waals surface area contributed by atoms with Gasteiger partial charge in [-0.15, -0.1) is 10.2 Å². The van der Waals surface area contributed by atoms with E-state index >= 15 is 0 Å². The van der Waals surface area contributed by atoms with Gasteiger partial charge in [-0.3, -0.25) is 9.39 Å². The van der Waals surface area contributed by atoms with Crippen LogP contribution in [0.1, 0.15) is 38.9 Å². The summed E-state index contributed by atoms with van der Waals surface area (Å²) in [7, 11) is 0. The zero-order valence-corrected chi connectivity index (χ0v) is 13.5. The summed E-state index contributed by atoms with van der Waals surface area (Å²) in [6.07, 6.45) is 6.40. The van der Waals surface area contributed by atoms with Gasteiger partial charge >= 0.3 is 0 Å². The Morgan fingerprint density at radius 1 is 1.18 bits per heavy atom. The maximum absolute atomic E-state index is 4.58. The van der Waals surface area contributed by atoms with Gasteiger partial charge < -0.3 is 10.6 Å². The Morgan fingerprint density at radius 3 is 2.91 bits per heavy atom. The Labute approximate surface area is 132 Å². The number of aliphatic imine (C=N–C) groups is 1. The van der Waals surface area contributed by atoms with Crippen molar-refractivity contribution in [1.29, 1.82) is 0 Å². The summed E-state index contributed by atoms with van der Waals surface area (Å²) < 4.78 is 2.02. The van der Waals surface area contributed by atoms with Gasteiger partial charge in [-0.05, 0) is 25.5 Å². The molecule has 0 radical (unpaired) electrons. The summed E-state index contributed by atoms with van der Waals surface area (Å²) in [5, 5.41) is 15.0. The van der Waals surface area contributed by atoms with Crippen LogP contribution in [-0.2, 0) is 6.42 Å². The van der Waals surface area contributed by atoms with Gasteiger partial charge in [0.2, 0.25) is 0 Å². The fourth-order valence-corrected chi connectivity index (χ4v) is 2.25. The molecule has 0 saturated heterocycles. The first-order valence-corrected chi connectivity index (χ1v) is 8.16. The summed E-state index contributed by atoms with van der Waals surface area (Å²) in [5.74, 6) is 1.84. The van der Waals surface area contributed by atoms with E-state index in [-0.39, 0.29) is 0 Å². The van der Waals surface area contributed by atoms with Crippen molar-refractivity contribution in [2.45, 2.75) is 39.5 Å².